The minimum atomic E-state index is -0.765. The fourth-order valence-electron chi connectivity index (χ4n) is 11.5. The molecule has 5 saturated carbocycles. The van der Waals surface area contributed by atoms with Crippen molar-refractivity contribution in [1.29, 1.82) is 0 Å². The summed E-state index contributed by atoms with van der Waals surface area (Å²) in [6.45, 7) is 18.1. The molecule has 5 rings (SSSR count). The predicted octanol–water partition coefficient (Wildman–Crippen LogP) is 6.80. The van der Waals surface area contributed by atoms with E-state index in [4.69, 9.17) is 0 Å². The molecule has 5 aliphatic carbocycles. The average molecular weight is 485 g/mol. The number of Topliss-reactive ketones (excluding diaryl/α,β-unsaturated/α-hetero) is 2. The molecular weight excluding hydrogens is 436 g/mol. The zero-order valence-corrected chi connectivity index (χ0v) is 23.4. The molecule has 0 heterocycles. The molecule has 0 aromatic carbocycles. The Balaban J connectivity index is 1.63. The minimum Gasteiger partial charge on any atom is -0.515 e. The topological polar surface area (TPSA) is 74.6 Å². The number of allylic oxidation sites excluding steroid dienone is 1. The van der Waals surface area contributed by atoms with E-state index in [1.165, 1.54) is 0 Å². The lowest BCUT2D eigenvalue weighted by molar-refractivity contribution is -0.270. The highest BCUT2D eigenvalue weighted by Crippen LogP contribution is 2.77. The fraction of sp³-hybridized carbons (Fsp3) is 0.871. The molecule has 0 saturated heterocycles. The molecule has 2 N–H and O–H groups in total. The molecule has 35 heavy (non-hydrogen) atoms. The quantitative estimate of drug-likeness (QED) is 0.293. The number of aliphatic hydroxyl groups is 2. The van der Waals surface area contributed by atoms with Crippen LogP contribution in [0.2, 0.25) is 0 Å². The maximum atomic E-state index is 14.4. The van der Waals surface area contributed by atoms with Gasteiger partial charge >= 0.3 is 0 Å². The van der Waals surface area contributed by atoms with Crippen molar-refractivity contribution in [2.24, 2.45) is 50.2 Å². The lowest BCUT2D eigenvalue weighted by atomic mass is 9.30. The van der Waals surface area contributed by atoms with Crippen LogP contribution in [0.1, 0.15) is 113 Å². The molecule has 4 nitrogen and oxygen atoms in total. The molecule has 8 atom stereocenters. The zero-order valence-electron chi connectivity index (χ0n) is 23.4. The Morgan fingerprint density at radius 3 is 2.06 bits per heavy atom. The first-order valence-electron chi connectivity index (χ1n) is 14.1. The molecule has 0 radical (unpaired) electrons. The molecular formula is C31H48O4. The number of fused-ring (bicyclic) bond motifs is 7. The van der Waals surface area contributed by atoms with Crippen molar-refractivity contribution < 1.29 is 19.8 Å². The van der Waals surface area contributed by atoms with E-state index in [1.54, 1.807) is 0 Å². The van der Waals surface area contributed by atoms with E-state index in [-0.39, 0.29) is 45.2 Å². The number of rotatable bonds is 0. The highest BCUT2D eigenvalue weighted by Gasteiger charge is 2.75. The van der Waals surface area contributed by atoms with Gasteiger partial charge in [-0.15, -0.1) is 0 Å². The van der Waals surface area contributed by atoms with Crippen molar-refractivity contribution in [1.82, 2.24) is 0 Å². The summed E-state index contributed by atoms with van der Waals surface area (Å²) in [5.41, 5.74) is -1.55. The van der Waals surface area contributed by atoms with Crippen LogP contribution in [0.25, 0.3) is 0 Å². The number of carbonyl (C=O) groups excluding carboxylic acids is 2. The highest BCUT2D eigenvalue weighted by molar-refractivity contribution is 6.00. The molecule has 5 fully saturated rings. The van der Waals surface area contributed by atoms with Gasteiger partial charge in [0.2, 0.25) is 0 Å². The molecule has 0 aliphatic heterocycles. The molecule has 0 spiro atoms. The summed E-state index contributed by atoms with van der Waals surface area (Å²) in [7, 11) is 0. The second kappa shape index (κ2) is 7.03. The van der Waals surface area contributed by atoms with Crippen LogP contribution in [0.15, 0.2) is 11.8 Å². The molecule has 0 aromatic heterocycles. The number of hydrogen-bond acceptors (Lipinski definition) is 4. The predicted molar refractivity (Wildman–Crippen MR) is 138 cm³/mol. The van der Waals surface area contributed by atoms with Crippen molar-refractivity contribution in [3.63, 3.8) is 0 Å². The van der Waals surface area contributed by atoms with Crippen molar-refractivity contribution >= 4 is 11.6 Å². The number of hydrogen-bond donors (Lipinski definition) is 2. The van der Waals surface area contributed by atoms with Crippen LogP contribution >= 0.6 is 0 Å². The number of aliphatic hydroxyl groups excluding tert-OH is 1. The molecule has 196 valence electrons. The second-order valence-electron chi connectivity index (χ2n) is 15.8. The van der Waals surface area contributed by atoms with Crippen LogP contribution < -0.4 is 0 Å². The summed E-state index contributed by atoms with van der Waals surface area (Å²) in [5.74, 6) is 0.621. The first-order chi connectivity index (χ1) is 15.9. The van der Waals surface area contributed by atoms with Gasteiger partial charge < -0.3 is 10.2 Å². The van der Waals surface area contributed by atoms with E-state index in [9.17, 15) is 19.8 Å². The van der Waals surface area contributed by atoms with E-state index in [0.29, 0.717) is 24.2 Å². The van der Waals surface area contributed by atoms with Gasteiger partial charge in [0.25, 0.3) is 0 Å². The van der Waals surface area contributed by atoms with Crippen LogP contribution in [-0.4, -0.2) is 27.4 Å². The monoisotopic (exact) mass is 484 g/mol. The summed E-state index contributed by atoms with van der Waals surface area (Å²) in [5, 5.41) is 22.0. The highest BCUT2D eigenvalue weighted by atomic mass is 16.3. The van der Waals surface area contributed by atoms with E-state index in [1.807, 2.05) is 13.8 Å². The maximum absolute atomic E-state index is 14.4. The fourth-order valence-corrected chi connectivity index (χ4v) is 11.5. The Labute approximate surface area is 212 Å². The van der Waals surface area contributed by atoms with Gasteiger partial charge in [0.15, 0.2) is 5.78 Å². The van der Waals surface area contributed by atoms with Crippen LogP contribution in [-0.2, 0) is 9.59 Å². The van der Waals surface area contributed by atoms with Gasteiger partial charge in [-0.05, 0) is 84.9 Å². The van der Waals surface area contributed by atoms with E-state index in [2.05, 4.69) is 41.5 Å². The molecule has 4 heteroatoms. The standard InChI is InChI=1S/C31H48O4/c1-25(2)11-13-31(35)14-12-29(7)23(30(31,8)18-25)20(33)15-22-27(5)16-19(17-32)24(34)26(3,4)21(27)9-10-28(22,29)6/h17,21-23,32,35H,9-16,18H2,1-8H3/b19-17+/t21-,22+,23?,27-,28+,29+,30-,31?/m0/s1. The summed E-state index contributed by atoms with van der Waals surface area (Å²) in [4.78, 5) is 27.6. The smallest absolute Gasteiger partial charge is 0.167 e. The maximum Gasteiger partial charge on any atom is 0.167 e. The largest absolute Gasteiger partial charge is 0.515 e. The van der Waals surface area contributed by atoms with Crippen molar-refractivity contribution in [2.75, 3.05) is 0 Å². The van der Waals surface area contributed by atoms with Crippen molar-refractivity contribution in [3.05, 3.63) is 11.8 Å². The van der Waals surface area contributed by atoms with E-state index >= 15 is 0 Å². The summed E-state index contributed by atoms with van der Waals surface area (Å²) >= 11 is 0. The van der Waals surface area contributed by atoms with Gasteiger partial charge in [-0.1, -0.05) is 55.4 Å². The van der Waals surface area contributed by atoms with E-state index in [0.717, 1.165) is 51.2 Å². The Bertz CT molecular complexity index is 1010. The molecule has 0 aromatic rings. The van der Waals surface area contributed by atoms with Crippen LogP contribution in [0, 0.1) is 50.2 Å². The van der Waals surface area contributed by atoms with Gasteiger partial charge in [-0.3, -0.25) is 9.59 Å². The third kappa shape index (κ3) is 2.90. The summed E-state index contributed by atoms with van der Waals surface area (Å²) in [6, 6.07) is 0. The lowest BCUT2D eigenvalue weighted by Gasteiger charge is -2.74. The Morgan fingerprint density at radius 1 is 0.800 bits per heavy atom. The minimum absolute atomic E-state index is 0.0558. The normalized spacial score (nSPS) is 53.9. The second-order valence-corrected chi connectivity index (χ2v) is 15.8. The van der Waals surface area contributed by atoms with Gasteiger partial charge in [-0.25, -0.2) is 0 Å². The van der Waals surface area contributed by atoms with Crippen molar-refractivity contribution in [2.45, 2.75) is 119 Å². The van der Waals surface area contributed by atoms with Crippen LogP contribution in [0.3, 0.4) is 0 Å². The Hall–Kier alpha value is -1.16. The molecule has 0 amide bonds. The summed E-state index contributed by atoms with van der Waals surface area (Å²) in [6.07, 6.45) is 8.46. The SMILES string of the molecule is CC1(C)CCC2(O)CC[C@]3(C)C(C(=O)C[C@@H]4[C@@]5(C)C/C(=C\O)C(=O)C(C)(C)[C@@H]5CC[C@]43C)[C@]2(C)C1. The van der Waals surface area contributed by atoms with Gasteiger partial charge in [0, 0.05) is 28.7 Å². The first-order valence-corrected chi connectivity index (χ1v) is 14.1. The van der Waals surface area contributed by atoms with Gasteiger partial charge in [0.1, 0.15) is 5.78 Å². The average Bonchev–Trinajstić information content (AvgIpc) is 2.74. The molecule has 2 unspecified atom stereocenters. The summed E-state index contributed by atoms with van der Waals surface area (Å²) < 4.78 is 0. The Kier molecular flexibility index (Phi) is 5.12. The number of ketones is 2. The van der Waals surface area contributed by atoms with Crippen LogP contribution in [0.4, 0.5) is 0 Å². The molecule has 0 bridgehead atoms. The third-order valence-corrected chi connectivity index (χ3v) is 13.3. The van der Waals surface area contributed by atoms with Gasteiger partial charge in [0.05, 0.1) is 11.9 Å². The number of carbonyl (C=O) groups is 2. The van der Waals surface area contributed by atoms with Gasteiger partial charge in [-0.2, -0.15) is 0 Å². The van der Waals surface area contributed by atoms with Crippen LogP contribution in [0.5, 0.6) is 0 Å². The van der Waals surface area contributed by atoms with E-state index < -0.39 is 16.4 Å². The first kappa shape index (κ1) is 25.5. The molecule has 5 aliphatic rings. The van der Waals surface area contributed by atoms with Crippen molar-refractivity contribution in [3.8, 4) is 0 Å². The Morgan fingerprint density at radius 2 is 1.43 bits per heavy atom. The third-order valence-electron chi connectivity index (χ3n) is 13.3. The zero-order chi connectivity index (χ0) is 26.0. The lowest BCUT2D eigenvalue weighted by Crippen LogP contribution is -2.73.